The Morgan fingerprint density at radius 2 is 1.68 bits per heavy atom. The van der Waals surface area contributed by atoms with Gasteiger partial charge in [0, 0.05) is 6.04 Å². The molecule has 0 aliphatic carbocycles. The van der Waals surface area contributed by atoms with E-state index in [9.17, 15) is 4.79 Å². The molecule has 124 valence electrons. The van der Waals surface area contributed by atoms with Gasteiger partial charge in [-0.05, 0) is 42.4 Å². The lowest BCUT2D eigenvalue weighted by Crippen LogP contribution is -2.44. The lowest BCUT2D eigenvalue weighted by atomic mass is 9.87. The largest absolute Gasteiger partial charge is 0.481 e. The van der Waals surface area contributed by atoms with E-state index in [0.717, 1.165) is 5.75 Å². The van der Waals surface area contributed by atoms with Crippen LogP contribution in [0.3, 0.4) is 0 Å². The molecule has 0 aliphatic heterocycles. The van der Waals surface area contributed by atoms with Crippen LogP contribution in [-0.2, 0) is 10.2 Å². The van der Waals surface area contributed by atoms with Crippen molar-refractivity contribution in [2.45, 2.75) is 72.4 Å². The first kappa shape index (κ1) is 18.5. The molecule has 3 nitrogen and oxygen atoms in total. The number of carbonyl (C=O) groups excluding carboxylic acids is 1. The maximum Gasteiger partial charge on any atom is 0.261 e. The molecule has 0 aliphatic rings. The Hall–Kier alpha value is -1.51. The van der Waals surface area contributed by atoms with Crippen LogP contribution in [0.25, 0.3) is 0 Å². The van der Waals surface area contributed by atoms with Crippen LogP contribution in [0.5, 0.6) is 5.75 Å². The molecular weight excluding hydrogens is 274 g/mol. The molecule has 0 aromatic heterocycles. The third kappa shape index (κ3) is 5.36. The SMILES string of the molecule is CCC(Oc1ccc(C(C)(C)C)cc1)C(=O)NC(C)C(C)C. The summed E-state index contributed by atoms with van der Waals surface area (Å²) in [7, 11) is 0. The van der Waals surface area contributed by atoms with Gasteiger partial charge in [-0.25, -0.2) is 0 Å². The molecule has 22 heavy (non-hydrogen) atoms. The molecule has 0 saturated carbocycles. The fourth-order valence-electron chi connectivity index (χ4n) is 2.00. The van der Waals surface area contributed by atoms with Crippen molar-refractivity contribution in [3.8, 4) is 5.75 Å². The Labute approximate surface area is 135 Å². The zero-order valence-electron chi connectivity index (χ0n) is 15.1. The molecule has 2 unspecified atom stereocenters. The lowest BCUT2D eigenvalue weighted by Gasteiger charge is -2.23. The smallest absolute Gasteiger partial charge is 0.261 e. The molecule has 1 rings (SSSR count). The molecule has 1 aromatic rings. The predicted molar refractivity (Wildman–Crippen MR) is 92.3 cm³/mol. The Morgan fingerprint density at radius 1 is 1.14 bits per heavy atom. The van der Waals surface area contributed by atoms with Crippen LogP contribution in [0.15, 0.2) is 24.3 Å². The van der Waals surface area contributed by atoms with Gasteiger partial charge in [0.25, 0.3) is 5.91 Å². The van der Waals surface area contributed by atoms with Crippen molar-refractivity contribution >= 4 is 5.91 Å². The van der Waals surface area contributed by atoms with Gasteiger partial charge in [-0.1, -0.05) is 53.7 Å². The Balaban J connectivity index is 2.72. The molecule has 0 saturated heterocycles. The monoisotopic (exact) mass is 305 g/mol. The summed E-state index contributed by atoms with van der Waals surface area (Å²) in [6.07, 6.45) is 0.208. The number of ether oxygens (including phenoxy) is 1. The van der Waals surface area contributed by atoms with Gasteiger partial charge < -0.3 is 10.1 Å². The van der Waals surface area contributed by atoms with Crippen LogP contribution < -0.4 is 10.1 Å². The first-order valence-electron chi connectivity index (χ1n) is 8.22. The molecular formula is C19H31NO2. The number of rotatable bonds is 6. The Bertz CT molecular complexity index is 471. The second-order valence-corrected chi connectivity index (χ2v) is 7.33. The van der Waals surface area contributed by atoms with Gasteiger partial charge in [0.05, 0.1) is 0 Å². The van der Waals surface area contributed by atoms with Gasteiger partial charge in [-0.15, -0.1) is 0 Å². The minimum atomic E-state index is -0.443. The highest BCUT2D eigenvalue weighted by Gasteiger charge is 2.21. The summed E-state index contributed by atoms with van der Waals surface area (Å²) in [6, 6.07) is 8.17. The average molecular weight is 305 g/mol. The second kappa shape index (κ2) is 7.66. The summed E-state index contributed by atoms with van der Waals surface area (Å²) >= 11 is 0. The number of nitrogens with one attached hydrogen (secondary N) is 1. The van der Waals surface area contributed by atoms with Gasteiger partial charge in [0.1, 0.15) is 5.75 Å². The molecule has 2 atom stereocenters. The molecule has 1 N–H and O–H groups in total. The molecule has 0 fully saturated rings. The molecule has 0 radical (unpaired) electrons. The van der Waals surface area contributed by atoms with Crippen molar-refractivity contribution in [2.24, 2.45) is 5.92 Å². The third-order valence-corrected chi connectivity index (χ3v) is 4.03. The zero-order valence-corrected chi connectivity index (χ0v) is 15.1. The molecule has 0 spiro atoms. The minimum Gasteiger partial charge on any atom is -0.481 e. The van der Waals surface area contributed by atoms with Crippen LogP contribution in [0, 0.1) is 5.92 Å². The van der Waals surface area contributed by atoms with E-state index in [0.29, 0.717) is 12.3 Å². The summed E-state index contributed by atoms with van der Waals surface area (Å²) in [5.41, 5.74) is 1.37. The van der Waals surface area contributed by atoms with E-state index in [1.807, 2.05) is 26.0 Å². The van der Waals surface area contributed by atoms with E-state index >= 15 is 0 Å². The van der Waals surface area contributed by atoms with Crippen LogP contribution in [0.1, 0.15) is 60.5 Å². The first-order valence-corrected chi connectivity index (χ1v) is 8.22. The van der Waals surface area contributed by atoms with Gasteiger partial charge in [0.2, 0.25) is 0 Å². The minimum absolute atomic E-state index is 0.0383. The zero-order chi connectivity index (χ0) is 16.9. The highest BCUT2D eigenvalue weighted by atomic mass is 16.5. The molecule has 3 heteroatoms. The molecule has 0 bridgehead atoms. The number of hydrogen-bond donors (Lipinski definition) is 1. The van der Waals surface area contributed by atoms with E-state index in [1.54, 1.807) is 0 Å². The standard InChI is InChI=1S/C19H31NO2/c1-8-17(18(21)20-14(4)13(2)3)22-16-11-9-15(10-12-16)19(5,6)7/h9-14,17H,8H2,1-7H3,(H,20,21). The quantitative estimate of drug-likeness (QED) is 0.851. The van der Waals surface area contributed by atoms with E-state index in [4.69, 9.17) is 4.74 Å². The van der Waals surface area contributed by atoms with E-state index in [1.165, 1.54) is 5.56 Å². The number of hydrogen-bond acceptors (Lipinski definition) is 2. The van der Waals surface area contributed by atoms with Crippen LogP contribution >= 0.6 is 0 Å². The lowest BCUT2D eigenvalue weighted by molar-refractivity contribution is -0.129. The van der Waals surface area contributed by atoms with Crippen molar-refractivity contribution < 1.29 is 9.53 Å². The average Bonchev–Trinajstić information content (AvgIpc) is 2.43. The van der Waals surface area contributed by atoms with Gasteiger partial charge in [-0.3, -0.25) is 4.79 Å². The molecule has 1 amide bonds. The number of benzene rings is 1. The highest BCUT2D eigenvalue weighted by molar-refractivity contribution is 5.81. The van der Waals surface area contributed by atoms with Gasteiger partial charge in [0.15, 0.2) is 6.10 Å². The fourth-order valence-corrected chi connectivity index (χ4v) is 2.00. The Kier molecular flexibility index (Phi) is 6.46. The van der Waals surface area contributed by atoms with Gasteiger partial charge in [-0.2, -0.15) is 0 Å². The summed E-state index contributed by atoms with van der Waals surface area (Å²) in [6.45, 7) is 14.7. The van der Waals surface area contributed by atoms with Crippen molar-refractivity contribution in [3.05, 3.63) is 29.8 Å². The molecule has 1 aromatic carbocycles. The number of carbonyl (C=O) groups is 1. The summed E-state index contributed by atoms with van der Waals surface area (Å²) in [5, 5.41) is 3.02. The van der Waals surface area contributed by atoms with Crippen molar-refractivity contribution in [1.82, 2.24) is 5.32 Å². The van der Waals surface area contributed by atoms with Crippen molar-refractivity contribution in [2.75, 3.05) is 0 Å². The number of amides is 1. The fraction of sp³-hybridized carbons (Fsp3) is 0.632. The van der Waals surface area contributed by atoms with Crippen LogP contribution in [-0.4, -0.2) is 18.1 Å². The maximum atomic E-state index is 12.3. The van der Waals surface area contributed by atoms with Gasteiger partial charge >= 0.3 is 0 Å². The van der Waals surface area contributed by atoms with Crippen LogP contribution in [0.2, 0.25) is 0 Å². The summed E-state index contributed by atoms with van der Waals surface area (Å²) < 4.78 is 5.86. The normalized spacial score (nSPS) is 14.5. The summed E-state index contributed by atoms with van der Waals surface area (Å²) in [4.78, 5) is 12.3. The van der Waals surface area contributed by atoms with E-state index < -0.39 is 6.10 Å². The van der Waals surface area contributed by atoms with Crippen molar-refractivity contribution in [1.29, 1.82) is 0 Å². The van der Waals surface area contributed by atoms with E-state index in [-0.39, 0.29) is 17.4 Å². The molecule has 0 heterocycles. The Morgan fingerprint density at radius 3 is 2.09 bits per heavy atom. The topological polar surface area (TPSA) is 38.3 Å². The first-order chi connectivity index (χ1) is 10.1. The summed E-state index contributed by atoms with van der Waals surface area (Å²) in [5.74, 6) is 1.11. The van der Waals surface area contributed by atoms with E-state index in [2.05, 4.69) is 52.1 Å². The predicted octanol–water partition coefficient (Wildman–Crippen LogP) is 4.30. The highest BCUT2D eigenvalue weighted by Crippen LogP contribution is 2.24. The maximum absolute atomic E-state index is 12.3. The third-order valence-electron chi connectivity index (χ3n) is 4.03. The second-order valence-electron chi connectivity index (χ2n) is 7.33. The van der Waals surface area contributed by atoms with Crippen molar-refractivity contribution in [3.63, 3.8) is 0 Å². The van der Waals surface area contributed by atoms with Crippen LogP contribution in [0.4, 0.5) is 0 Å².